The first kappa shape index (κ1) is 12.8. The van der Waals surface area contributed by atoms with Crippen molar-refractivity contribution in [3.8, 4) is 11.8 Å². The summed E-state index contributed by atoms with van der Waals surface area (Å²) >= 11 is 0. The van der Waals surface area contributed by atoms with Gasteiger partial charge in [-0.2, -0.15) is 0 Å². The van der Waals surface area contributed by atoms with Crippen LogP contribution in [0, 0.1) is 22.0 Å². The van der Waals surface area contributed by atoms with Crippen LogP contribution in [-0.4, -0.2) is 16.5 Å². The Morgan fingerprint density at radius 3 is 2.95 bits per heavy atom. The van der Waals surface area contributed by atoms with E-state index in [4.69, 9.17) is 0 Å². The molecule has 1 N–H and O–H groups in total. The Morgan fingerprint density at radius 2 is 2.21 bits per heavy atom. The number of non-ortho nitro benzene ring substituents is 1. The van der Waals surface area contributed by atoms with Crippen LogP contribution in [0.3, 0.4) is 0 Å². The van der Waals surface area contributed by atoms with Gasteiger partial charge in [-0.25, -0.2) is 0 Å². The van der Waals surface area contributed by atoms with E-state index in [1.54, 1.807) is 25.3 Å². The fourth-order valence-electron chi connectivity index (χ4n) is 1.87. The van der Waals surface area contributed by atoms with E-state index >= 15 is 0 Å². The van der Waals surface area contributed by atoms with Crippen molar-refractivity contribution >= 4 is 22.1 Å². The number of nitrogens with one attached hydrogen (secondary N) is 1. The van der Waals surface area contributed by atoms with Crippen LogP contribution < -0.4 is 5.32 Å². The Balaban J connectivity index is 2.37. The summed E-state index contributed by atoms with van der Waals surface area (Å²) in [6.07, 6.45) is 3.88. The van der Waals surface area contributed by atoms with Crippen LogP contribution in [0.4, 0.5) is 11.4 Å². The predicted molar refractivity (Wildman–Crippen MR) is 75.0 cm³/mol. The van der Waals surface area contributed by atoms with E-state index in [1.807, 2.05) is 0 Å². The van der Waals surface area contributed by atoms with E-state index < -0.39 is 4.92 Å². The van der Waals surface area contributed by atoms with Gasteiger partial charge in [-0.3, -0.25) is 15.1 Å². The van der Waals surface area contributed by atoms with Gasteiger partial charge in [0.05, 0.1) is 10.3 Å². The molecule has 0 aliphatic heterocycles. The quantitative estimate of drug-likeness (QED) is 0.394. The molecule has 5 heteroatoms. The van der Waals surface area contributed by atoms with Crippen LogP contribution in [0.25, 0.3) is 10.8 Å². The average Bonchev–Trinajstić information content (AvgIpc) is 2.43. The summed E-state index contributed by atoms with van der Waals surface area (Å²) < 4.78 is 0. The maximum atomic E-state index is 11.0. The molecule has 0 radical (unpaired) electrons. The van der Waals surface area contributed by atoms with Crippen molar-refractivity contribution in [2.75, 3.05) is 11.9 Å². The fraction of sp³-hybridized carbons (Fsp3) is 0.214. The van der Waals surface area contributed by atoms with Crippen molar-refractivity contribution in [2.45, 2.75) is 13.3 Å². The summed E-state index contributed by atoms with van der Waals surface area (Å²) in [4.78, 5) is 14.5. The van der Waals surface area contributed by atoms with Crippen molar-refractivity contribution in [1.82, 2.24) is 4.98 Å². The lowest BCUT2D eigenvalue weighted by atomic mass is 10.1. The molecule has 0 fully saturated rings. The van der Waals surface area contributed by atoms with Gasteiger partial charge in [0.2, 0.25) is 0 Å². The molecular formula is C14H13N3O2. The van der Waals surface area contributed by atoms with Gasteiger partial charge in [-0.1, -0.05) is 0 Å². The van der Waals surface area contributed by atoms with Gasteiger partial charge in [0.25, 0.3) is 5.69 Å². The third kappa shape index (κ3) is 2.80. The van der Waals surface area contributed by atoms with Gasteiger partial charge < -0.3 is 5.32 Å². The van der Waals surface area contributed by atoms with Crippen molar-refractivity contribution in [3.05, 3.63) is 40.7 Å². The van der Waals surface area contributed by atoms with E-state index in [1.165, 1.54) is 12.3 Å². The van der Waals surface area contributed by atoms with Gasteiger partial charge in [0.15, 0.2) is 0 Å². The van der Waals surface area contributed by atoms with E-state index in [2.05, 4.69) is 22.1 Å². The summed E-state index contributed by atoms with van der Waals surface area (Å²) in [6.45, 7) is 2.50. The lowest BCUT2D eigenvalue weighted by Crippen LogP contribution is -2.01. The number of aromatic nitrogens is 1. The number of anilines is 1. The highest BCUT2D eigenvalue weighted by atomic mass is 16.6. The molecule has 1 aromatic heterocycles. The van der Waals surface area contributed by atoms with Crippen molar-refractivity contribution < 1.29 is 4.92 Å². The van der Waals surface area contributed by atoms with Crippen molar-refractivity contribution in [2.24, 2.45) is 0 Å². The Bertz CT molecular complexity index is 671. The minimum absolute atomic E-state index is 0.0713. The zero-order valence-corrected chi connectivity index (χ0v) is 10.5. The molecule has 0 unspecified atom stereocenters. The van der Waals surface area contributed by atoms with Gasteiger partial charge in [-0.15, -0.1) is 11.8 Å². The van der Waals surface area contributed by atoms with Crippen LogP contribution in [0.5, 0.6) is 0 Å². The Labute approximate surface area is 110 Å². The van der Waals surface area contributed by atoms with Crippen LogP contribution in [0.15, 0.2) is 30.6 Å². The van der Waals surface area contributed by atoms with Crippen molar-refractivity contribution in [3.63, 3.8) is 0 Å². The number of nitrogens with zero attached hydrogens (tertiary/aromatic N) is 2. The van der Waals surface area contributed by atoms with Crippen molar-refractivity contribution in [1.29, 1.82) is 0 Å². The van der Waals surface area contributed by atoms with Gasteiger partial charge in [-0.05, 0) is 19.1 Å². The number of pyridine rings is 1. The number of hydrogen-bond acceptors (Lipinski definition) is 4. The first-order valence-electron chi connectivity index (χ1n) is 5.88. The molecule has 5 nitrogen and oxygen atoms in total. The summed E-state index contributed by atoms with van der Waals surface area (Å²) in [7, 11) is 0. The highest BCUT2D eigenvalue weighted by molar-refractivity contribution is 5.99. The minimum atomic E-state index is -0.393. The van der Waals surface area contributed by atoms with Gasteiger partial charge >= 0.3 is 0 Å². The molecule has 1 aromatic carbocycles. The standard InChI is InChI=1S/C14H13N3O2/c1-2-3-4-8-16-13-5-6-14(17(18)19)12-10-15-9-7-11(12)13/h5-7,9-10,16H,4,8H2,1H3. The topological polar surface area (TPSA) is 68.1 Å². The smallest absolute Gasteiger partial charge is 0.278 e. The number of nitro groups is 1. The molecule has 2 rings (SSSR count). The average molecular weight is 255 g/mol. The first-order chi connectivity index (χ1) is 9.24. The predicted octanol–water partition coefficient (Wildman–Crippen LogP) is 2.97. The van der Waals surface area contributed by atoms with Gasteiger partial charge in [0, 0.05) is 42.5 Å². The summed E-state index contributed by atoms with van der Waals surface area (Å²) in [5.41, 5.74) is 0.933. The molecule has 0 aliphatic carbocycles. The molecule has 0 spiro atoms. The second-order valence-corrected chi connectivity index (χ2v) is 3.91. The SMILES string of the molecule is CC#CCCNc1ccc([N+](=O)[O-])c2cnccc12. The monoisotopic (exact) mass is 255 g/mol. The summed E-state index contributed by atoms with van der Waals surface area (Å²) in [6, 6.07) is 4.99. The van der Waals surface area contributed by atoms with Gasteiger partial charge in [0.1, 0.15) is 0 Å². The number of nitro benzene ring substituents is 1. The molecule has 1 heterocycles. The second-order valence-electron chi connectivity index (χ2n) is 3.91. The molecule has 2 aromatic rings. The van der Waals surface area contributed by atoms with Crippen LogP contribution >= 0.6 is 0 Å². The fourth-order valence-corrected chi connectivity index (χ4v) is 1.87. The van der Waals surface area contributed by atoms with Crippen LogP contribution in [0.2, 0.25) is 0 Å². The molecule has 0 amide bonds. The number of rotatable bonds is 4. The number of fused-ring (bicyclic) bond motifs is 1. The molecule has 96 valence electrons. The molecule has 0 atom stereocenters. The molecule has 0 bridgehead atoms. The lowest BCUT2D eigenvalue weighted by Gasteiger charge is -2.08. The summed E-state index contributed by atoms with van der Waals surface area (Å²) in [5, 5.41) is 15.5. The molecule has 19 heavy (non-hydrogen) atoms. The maximum absolute atomic E-state index is 11.0. The Hall–Kier alpha value is -2.61. The molecular weight excluding hydrogens is 242 g/mol. The van der Waals surface area contributed by atoms with E-state index in [9.17, 15) is 10.1 Å². The van der Waals surface area contributed by atoms with E-state index in [0.717, 1.165) is 17.5 Å². The number of hydrogen-bond donors (Lipinski definition) is 1. The van der Waals surface area contributed by atoms with Crippen LogP contribution in [0.1, 0.15) is 13.3 Å². The third-order valence-corrected chi connectivity index (χ3v) is 2.73. The zero-order chi connectivity index (χ0) is 13.7. The third-order valence-electron chi connectivity index (χ3n) is 2.73. The highest BCUT2D eigenvalue weighted by Gasteiger charge is 2.13. The minimum Gasteiger partial charge on any atom is -0.384 e. The number of benzene rings is 1. The highest BCUT2D eigenvalue weighted by Crippen LogP contribution is 2.30. The first-order valence-corrected chi connectivity index (χ1v) is 5.88. The zero-order valence-electron chi connectivity index (χ0n) is 10.5. The molecule has 0 saturated heterocycles. The molecule has 0 saturated carbocycles. The van der Waals surface area contributed by atoms with E-state index in [0.29, 0.717) is 11.9 Å². The second kappa shape index (κ2) is 5.83. The van der Waals surface area contributed by atoms with Crippen LogP contribution in [-0.2, 0) is 0 Å². The maximum Gasteiger partial charge on any atom is 0.278 e. The normalized spacial score (nSPS) is 9.74. The molecule has 0 aliphatic rings. The largest absolute Gasteiger partial charge is 0.384 e. The lowest BCUT2D eigenvalue weighted by molar-refractivity contribution is -0.383. The Morgan fingerprint density at radius 1 is 1.37 bits per heavy atom. The Kier molecular flexibility index (Phi) is 3.94. The summed E-state index contributed by atoms with van der Waals surface area (Å²) in [5.74, 6) is 5.79. The van der Waals surface area contributed by atoms with E-state index in [-0.39, 0.29) is 5.69 Å².